The number of hydrogen-bond acceptors (Lipinski definition) is 1. The molecule has 0 aliphatic carbocycles. The Bertz CT molecular complexity index is 845. The predicted octanol–water partition coefficient (Wildman–Crippen LogP) is 2.20. The van der Waals surface area contributed by atoms with Crippen LogP contribution in [0.25, 0.3) is 0 Å². The van der Waals surface area contributed by atoms with E-state index >= 15 is 0 Å². The number of carbonyl (C=O) groups is 1. The van der Waals surface area contributed by atoms with E-state index in [0.717, 1.165) is 11.3 Å². The Kier molecular flexibility index (Phi) is 3.37. The quantitative estimate of drug-likeness (QED) is 0.652. The van der Waals surface area contributed by atoms with Crippen LogP contribution in [-0.2, 0) is 9.23 Å². The molecule has 0 saturated carbocycles. The van der Waals surface area contributed by atoms with Gasteiger partial charge in [0.2, 0.25) is 0 Å². The van der Waals surface area contributed by atoms with Gasteiger partial charge in [0.25, 0.3) is 0 Å². The van der Waals surface area contributed by atoms with Gasteiger partial charge in [-0.05, 0) is 0 Å². The molecule has 4 rings (SSSR count). The van der Waals surface area contributed by atoms with Crippen molar-refractivity contribution in [3.05, 3.63) is 84.7 Å². The second kappa shape index (κ2) is 5.41. The van der Waals surface area contributed by atoms with Crippen LogP contribution >= 0.6 is 0 Å². The van der Waals surface area contributed by atoms with Crippen LogP contribution in [-0.4, -0.2) is 32.5 Å². The molecule has 3 aromatic rings. The van der Waals surface area contributed by atoms with Gasteiger partial charge < -0.3 is 0 Å². The van der Waals surface area contributed by atoms with Gasteiger partial charge >= 0.3 is 141 Å². The molecule has 3 nitrogen and oxygen atoms in total. The first-order chi connectivity index (χ1) is 11.2. The normalized spacial score (nSPS) is 19.9. The molecule has 1 aromatic heterocycles. The molecule has 0 spiro atoms. The zero-order valence-corrected chi connectivity index (χ0v) is 14.4. The zero-order valence-electron chi connectivity index (χ0n) is 12.7. The van der Waals surface area contributed by atoms with Crippen molar-refractivity contribution in [3.63, 3.8) is 0 Å². The number of amides is 1. The third-order valence-electron chi connectivity index (χ3n) is 4.20. The third kappa shape index (κ3) is 2.07. The van der Waals surface area contributed by atoms with E-state index in [1.807, 2.05) is 68.0 Å². The standard InChI is InChI=1S/C19H16N2OSe/c1-20-17-12-6-5-11-16(17)19(18(20)22,21-13-7-8-14-21)23-15-9-3-2-4-10-15/h2-14H,1H3. The van der Waals surface area contributed by atoms with Crippen molar-refractivity contribution in [2.45, 2.75) is 4.44 Å². The van der Waals surface area contributed by atoms with Gasteiger partial charge in [0, 0.05) is 0 Å². The van der Waals surface area contributed by atoms with Gasteiger partial charge in [-0.25, -0.2) is 0 Å². The number of anilines is 1. The van der Waals surface area contributed by atoms with Crippen molar-refractivity contribution in [2.24, 2.45) is 0 Å². The van der Waals surface area contributed by atoms with E-state index in [1.165, 1.54) is 4.46 Å². The Hall–Kier alpha value is -2.29. The van der Waals surface area contributed by atoms with Gasteiger partial charge in [-0.1, -0.05) is 0 Å². The Morgan fingerprint density at radius 1 is 0.870 bits per heavy atom. The van der Waals surface area contributed by atoms with Gasteiger partial charge in [-0.2, -0.15) is 0 Å². The van der Waals surface area contributed by atoms with Crippen LogP contribution < -0.4 is 9.36 Å². The number of carbonyl (C=O) groups excluding carboxylic acids is 1. The van der Waals surface area contributed by atoms with E-state index in [2.05, 4.69) is 22.8 Å². The van der Waals surface area contributed by atoms with Crippen LogP contribution in [0.2, 0.25) is 0 Å². The van der Waals surface area contributed by atoms with Crippen LogP contribution in [0.5, 0.6) is 0 Å². The minimum absolute atomic E-state index is 0.0643. The van der Waals surface area contributed by atoms with Gasteiger partial charge in [-0.3, -0.25) is 0 Å². The molecule has 23 heavy (non-hydrogen) atoms. The second-order valence-corrected chi connectivity index (χ2v) is 8.19. The molecule has 0 saturated heterocycles. The van der Waals surface area contributed by atoms with Crippen molar-refractivity contribution in [2.75, 3.05) is 11.9 Å². The van der Waals surface area contributed by atoms with Crippen LogP contribution in [0, 0.1) is 0 Å². The molecular formula is C19H16N2OSe. The predicted molar refractivity (Wildman–Crippen MR) is 93.2 cm³/mol. The van der Waals surface area contributed by atoms with E-state index in [4.69, 9.17) is 0 Å². The SMILES string of the molecule is CN1C(=O)C([Se]c2ccccc2)(n2cccc2)c2ccccc21. The molecule has 2 heterocycles. The minimum atomic E-state index is -0.650. The topological polar surface area (TPSA) is 25.2 Å². The van der Waals surface area contributed by atoms with Gasteiger partial charge in [-0.15, -0.1) is 0 Å². The second-order valence-electron chi connectivity index (χ2n) is 5.53. The number of para-hydroxylation sites is 1. The fourth-order valence-corrected chi connectivity index (χ4v) is 5.98. The number of likely N-dealkylation sites (N-methyl/N-ethyl adjacent to an activating group) is 1. The summed E-state index contributed by atoms with van der Waals surface area (Å²) in [4.78, 5) is 15.1. The molecule has 1 aliphatic heterocycles. The number of benzene rings is 2. The monoisotopic (exact) mass is 368 g/mol. The molecule has 0 fully saturated rings. The molecule has 1 atom stereocenters. The average Bonchev–Trinajstić information content (AvgIpc) is 3.20. The van der Waals surface area contributed by atoms with E-state index in [0.29, 0.717) is 0 Å². The van der Waals surface area contributed by atoms with Crippen LogP contribution in [0.3, 0.4) is 0 Å². The number of rotatable bonds is 3. The molecule has 1 unspecified atom stereocenters. The average molecular weight is 367 g/mol. The van der Waals surface area contributed by atoms with Crippen LogP contribution in [0.15, 0.2) is 79.1 Å². The first-order valence-corrected chi connectivity index (χ1v) is 9.20. The van der Waals surface area contributed by atoms with Crippen molar-refractivity contribution in [1.82, 2.24) is 4.57 Å². The molecule has 2 aromatic carbocycles. The number of nitrogens with zero attached hydrogens (tertiary/aromatic N) is 2. The van der Waals surface area contributed by atoms with Crippen LogP contribution in [0.4, 0.5) is 5.69 Å². The zero-order chi connectivity index (χ0) is 15.9. The van der Waals surface area contributed by atoms with E-state index in [-0.39, 0.29) is 20.9 Å². The molecule has 4 heteroatoms. The maximum absolute atomic E-state index is 13.3. The molecule has 1 aliphatic rings. The van der Waals surface area contributed by atoms with Gasteiger partial charge in [0.1, 0.15) is 0 Å². The summed E-state index contributed by atoms with van der Waals surface area (Å²) in [7, 11) is 1.87. The van der Waals surface area contributed by atoms with E-state index in [9.17, 15) is 4.79 Å². The third-order valence-corrected chi connectivity index (χ3v) is 7.16. The maximum atomic E-state index is 13.3. The summed E-state index contributed by atoms with van der Waals surface area (Å²) >= 11 is -0.0643. The Labute approximate surface area is 141 Å². The van der Waals surface area contributed by atoms with Crippen molar-refractivity contribution < 1.29 is 4.79 Å². The van der Waals surface area contributed by atoms with E-state index in [1.54, 1.807) is 4.90 Å². The van der Waals surface area contributed by atoms with Crippen LogP contribution in [0.1, 0.15) is 5.56 Å². The summed E-state index contributed by atoms with van der Waals surface area (Å²) in [5.41, 5.74) is 2.09. The number of aromatic nitrogens is 1. The summed E-state index contributed by atoms with van der Waals surface area (Å²) in [5, 5.41) is 0. The molecule has 0 N–H and O–H groups in total. The summed E-state index contributed by atoms with van der Waals surface area (Å²) in [5.74, 6) is 0.138. The fraction of sp³-hybridized carbons (Fsp3) is 0.105. The van der Waals surface area contributed by atoms with E-state index < -0.39 is 4.44 Å². The molecule has 114 valence electrons. The molecule has 0 bridgehead atoms. The number of hydrogen-bond donors (Lipinski definition) is 0. The van der Waals surface area contributed by atoms with Gasteiger partial charge in [0.05, 0.1) is 0 Å². The van der Waals surface area contributed by atoms with Crippen molar-refractivity contribution in [1.29, 1.82) is 0 Å². The fourth-order valence-electron chi connectivity index (χ4n) is 3.11. The number of fused-ring (bicyclic) bond motifs is 1. The molecular weight excluding hydrogens is 351 g/mol. The first-order valence-electron chi connectivity index (χ1n) is 7.48. The summed E-state index contributed by atoms with van der Waals surface area (Å²) < 4.78 is 2.64. The molecule has 0 radical (unpaired) electrons. The van der Waals surface area contributed by atoms with Gasteiger partial charge in [0.15, 0.2) is 0 Å². The summed E-state index contributed by atoms with van der Waals surface area (Å²) in [6, 6.07) is 22.4. The summed E-state index contributed by atoms with van der Waals surface area (Å²) in [6.45, 7) is 0. The Morgan fingerprint density at radius 3 is 2.26 bits per heavy atom. The Morgan fingerprint density at radius 2 is 1.52 bits per heavy atom. The molecule has 1 amide bonds. The Balaban J connectivity index is 1.96. The van der Waals surface area contributed by atoms with Crippen molar-refractivity contribution in [3.8, 4) is 0 Å². The van der Waals surface area contributed by atoms with Crippen molar-refractivity contribution >= 4 is 31.0 Å². The first kappa shape index (κ1) is 14.3. The summed E-state index contributed by atoms with van der Waals surface area (Å²) in [6.07, 6.45) is 4.00.